The zero-order chi connectivity index (χ0) is 12.8. The van der Waals surface area contributed by atoms with Gasteiger partial charge in [0.15, 0.2) is 11.2 Å². The average Bonchev–Trinajstić information content (AvgIpc) is 2.74. The number of nitrogens with zero attached hydrogens (tertiary/aromatic N) is 2. The van der Waals surface area contributed by atoms with Crippen LogP contribution >= 0.6 is 0 Å². The number of nitrogen functional groups attached to an aromatic ring is 1. The lowest BCUT2D eigenvalue weighted by Crippen LogP contribution is -2.38. The lowest BCUT2D eigenvalue weighted by atomic mass is 9.80. The van der Waals surface area contributed by atoms with Gasteiger partial charge in [-0.3, -0.25) is 9.78 Å². The molecule has 3 heterocycles. The van der Waals surface area contributed by atoms with Crippen LogP contribution in [0, 0.1) is 0 Å². The second kappa shape index (κ2) is 3.81. The topological polar surface area (TPSA) is 112 Å². The highest BCUT2D eigenvalue weighted by atomic mass is 16.1. The molecule has 1 aliphatic rings. The Morgan fingerprint density at radius 3 is 2.67 bits per heavy atom. The van der Waals surface area contributed by atoms with Crippen molar-refractivity contribution in [2.24, 2.45) is 0 Å². The van der Waals surface area contributed by atoms with Crippen molar-refractivity contribution >= 4 is 17.1 Å². The molecule has 2 aromatic heterocycles. The van der Waals surface area contributed by atoms with Gasteiger partial charge in [-0.2, -0.15) is 4.98 Å². The van der Waals surface area contributed by atoms with Crippen LogP contribution in [0.2, 0.25) is 0 Å². The number of nitrogens with two attached hydrogens (primary N) is 1. The first-order chi connectivity index (χ1) is 8.58. The van der Waals surface area contributed by atoms with Crippen LogP contribution in [0.1, 0.15) is 25.6 Å². The van der Waals surface area contributed by atoms with E-state index in [9.17, 15) is 4.79 Å². The number of hydrogen-bond donors (Lipinski definition) is 4. The van der Waals surface area contributed by atoms with Crippen LogP contribution in [0.4, 0.5) is 5.95 Å². The Bertz CT molecular complexity index is 637. The van der Waals surface area contributed by atoms with Crippen LogP contribution in [0.25, 0.3) is 11.2 Å². The van der Waals surface area contributed by atoms with E-state index in [4.69, 9.17) is 5.73 Å². The largest absolute Gasteiger partial charge is 0.369 e. The van der Waals surface area contributed by atoms with E-state index >= 15 is 0 Å². The SMILES string of the molecule is CC1(c2nc3nc(N)[nH]c(=O)c3[nH]2)CCNCC1. The molecule has 0 amide bonds. The predicted molar refractivity (Wildman–Crippen MR) is 68.4 cm³/mol. The highest BCUT2D eigenvalue weighted by Gasteiger charge is 2.32. The van der Waals surface area contributed by atoms with E-state index in [1.807, 2.05) is 0 Å². The minimum absolute atomic E-state index is 0.0346. The number of hydrogen-bond acceptors (Lipinski definition) is 5. The number of anilines is 1. The molecule has 18 heavy (non-hydrogen) atoms. The highest BCUT2D eigenvalue weighted by Crippen LogP contribution is 2.31. The van der Waals surface area contributed by atoms with E-state index in [0.717, 1.165) is 31.8 Å². The molecule has 7 heteroatoms. The molecule has 0 radical (unpaired) electrons. The fourth-order valence-corrected chi connectivity index (χ4v) is 2.43. The Kier molecular flexibility index (Phi) is 2.37. The van der Waals surface area contributed by atoms with Crippen molar-refractivity contribution in [3.8, 4) is 0 Å². The summed E-state index contributed by atoms with van der Waals surface area (Å²) in [5, 5.41) is 3.32. The second-order valence-electron chi connectivity index (χ2n) is 5.05. The number of imidazole rings is 1. The molecule has 2 aromatic rings. The standard InChI is InChI=1S/C11H16N6O/c1-11(2-4-13-5-3-11)9-14-6-7(15-9)16-10(12)17-8(6)18/h13H,2-5H2,1H3,(H4,12,14,15,16,17,18). The minimum Gasteiger partial charge on any atom is -0.369 e. The van der Waals surface area contributed by atoms with Gasteiger partial charge >= 0.3 is 0 Å². The minimum atomic E-state index is -0.270. The summed E-state index contributed by atoms with van der Waals surface area (Å²) < 4.78 is 0. The van der Waals surface area contributed by atoms with E-state index in [1.165, 1.54) is 0 Å². The number of fused-ring (bicyclic) bond motifs is 1. The van der Waals surface area contributed by atoms with Crippen LogP contribution in [-0.2, 0) is 5.41 Å². The smallest absolute Gasteiger partial charge is 0.278 e. The maximum atomic E-state index is 11.7. The van der Waals surface area contributed by atoms with Gasteiger partial charge in [0, 0.05) is 5.41 Å². The fraction of sp³-hybridized carbons (Fsp3) is 0.545. The first-order valence-electron chi connectivity index (χ1n) is 6.05. The Morgan fingerprint density at radius 1 is 1.22 bits per heavy atom. The molecular formula is C11H16N6O. The molecule has 0 spiro atoms. The monoisotopic (exact) mass is 248 g/mol. The molecule has 3 rings (SSSR count). The predicted octanol–water partition coefficient (Wildman–Crippen LogP) is -0.131. The van der Waals surface area contributed by atoms with Crippen LogP contribution in [0.5, 0.6) is 0 Å². The molecule has 1 aliphatic heterocycles. The number of H-pyrrole nitrogens is 2. The fourth-order valence-electron chi connectivity index (χ4n) is 2.43. The summed E-state index contributed by atoms with van der Waals surface area (Å²) in [5.74, 6) is 0.920. The molecule has 0 aliphatic carbocycles. The van der Waals surface area contributed by atoms with Gasteiger partial charge in [0.1, 0.15) is 5.82 Å². The molecule has 0 saturated carbocycles. The van der Waals surface area contributed by atoms with Crippen molar-refractivity contribution in [1.82, 2.24) is 25.3 Å². The molecule has 7 nitrogen and oxygen atoms in total. The summed E-state index contributed by atoms with van der Waals surface area (Å²) in [5.41, 5.74) is 6.01. The summed E-state index contributed by atoms with van der Waals surface area (Å²) in [7, 11) is 0. The van der Waals surface area contributed by atoms with Crippen LogP contribution in [-0.4, -0.2) is 33.0 Å². The lowest BCUT2D eigenvalue weighted by Gasteiger charge is -2.31. The molecule has 0 bridgehead atoms. The van der Waals surface area contributed by atoms with Crippen molar-refractivity contribution in [1.29, 1.82) is 0 Å². The third-order valence-electron chi connectivity index (χ3n) is 3.66. The van der Waals surface area contributed by atoms with Crippen molar-refractivity contribution in [3.05, 3.63) is 16.2 Å². The number of nitrogens with one attached hydrogen (secondary N) is 3. The lowest BCUT2D eigenvalue weighted by molar-refractivity contribution is 0.321. The Hall–Kier alpha value is -1.89. The van der Waals surface area contributed by atoms with Gasteiger partial charge in [-0.05, 0) is 25.9 Å². The molecule has 96 valence electrons. The maximum Gasteiger partial charge on any atom is 0.278 e. The first kappa shape index (κ1) is 11.2. The van der Waals surface area contributed by atoms with Gasteiger partial charge in [0.05, 0.1) is 0 Å². The van der Waals surface area contributed by atoms with Crippen LogP contribution < -0.4 is 16.6 Å². The normalized spacial score (nSPS) is 19.2. The third-order valence-corrected chi connectivity index (χ3v) is 3.66. The molecule has 0 aromatic carbocycles. The number of aromatic amines is 2. The summed E-state index contributed by atoms with van der Waals surface area (Å²) >= 11 is 0. The average molecular weight is 248 g/mol. The Balaban J connectivity index is 2.13. The van der Waals surface area contributed by atoms with E-state index in [0.29, 0.717) is 11.2 Å². The van der Waals surface area contributed by atoms with Gasteiger partial charge in [-0.25, -0.2) is 4.98 Å². The van der Waals surface area contributed by atoms with Crippen LogP contribution in [0.3, 0.4) is 0 Å². The summed E-state index contributed by atoms with van der Waals surface area (Å²) in [4.78, 5) is 25.8. The summed E-state index contributed by atoms with van der Waals surface area (Å²) in [6, 6.07) is 0. The molecular weight excluding hydrogens is 232 g/mol. The molecule has 0 atom stereocenters. The number of rotatable bonds is 1. The Morgan fingerprint density at radius 2 is 1.94 bits per heavy atom. The molecule has 5 N–H and O–H groups in total. The molecule has 1 saturated heterocycles. The van der Waals surface area contributed by atoms with Crippen molar-refractivity contribution in [2.45, 2.75) is 25.2 Å². The van der Waals surface area contributed by atoms with Crippen molar-refractivity contribution in [3.63, 3.8) is 0 Å². The molecule has 1 fully saturated rings. The number of aromatic nitrogens is 4. The quantitative estimate of drug-likeness (QED) is 0.561. The van der Waals surface area contributed by atoms with Gasteiger partial charge in [-0.15, -0.1) is 0 Å². The zero-order valence-electron chi connectivity index (χ0n) is 10.2. The first-order valence-corrected chi connectivity index (χ1v) is 6.05. The van der Waals surface area contributed by atoms with Gasteiger partial charge in [0.2, 0.25) is 5.95 Å². The van der Waals surface area contributed by atoms with Crippen molar-refractivity contribution in [2.75, 3.05) is 18.8 Å². The summed E-state index contributed by atoms with van der Waals surface area (Å²) in [6.45, 7) is 4.07. The van der Waals surface area contributed by atoms with Crippen LogP contribution in [0.15, 0.2) is 4.79 Å². The van der Waals surface area contributed by atoms with Gasteiger partial charge in [-0.1, -0.05) is 6.92 Å². The zero-order valence-corrected chi connectivity index (χ0v) is 10.2. The van der Waals surface area contributed by atoms with E-state index in [-0.39, 0.29) is 16.9 Å². The molecule has 0 unspecified atom stereocenters. The van der Waals surface area contributed by atoms with Gasteiger partial charge in [0.25, 0.3) is 5.56 Å². The number of piperidine rings is 1. The van der Waals surface area contributed by atoms with Crippen molar-refractivity contribution < 1.29 is 0 Å². The Labute approximate surface area is 103 Å². The summed E-state index contributed by atoms with van der Waals surface area (Å²) in [6.07, 6.45) is 1.97. The second-order valence-corrected chi connectivity index (χ2v) is 5.05. The van der Waals surface area contributed by atoms with E-state index in [1.54, 1.807) is 0 Å². The highest BCUT2D eigenvalue weighted by molar-refractivity contribution is 5.70. The van der Waals surface area contributed by atoms with E-state index < -0.39 is 0 Å². The third kappa shape index (κ3) is 1.67. The van der Waals surface area contributed by atoms with E-state index in [2.05, 4.69) is 32.2 Å². The van der Waals surface area contributed by atoms with Gasteiger partial charge < -0.3 is 16.0 Å². The maximum absolute atomic E-state index is 11.7.